The number of nitrogens with zero attached hydrogens (tertiary/aromatic N) is 1. The molecule has 0 spiro atoms. The summed E-state index contributed by atoms with van der Waals surface area (Å²) >= 11 is 6.46. The molecule has 3 aromatic carbocycles. The van der Waals surface area contributed by atoms with E-state index in [9.17, 15) is 28.6 Å². The Labute approximate surface area is 210 Å². The van der Waals surface area contributed by atoms with Crippen molar-refractivity contribution in [2.24, 2.45) is 0 Å². The normalized spacial score (nSPS) is 15.9. The summed E-state index contributed by atoms with van der Waals surface area (Å²) in [6, 6.07) is 10.8. The molecular weight excluding hydrogens is 496 g/mol. The average molecular weight is 520 g/mol. The SMILES string of the molecule is CCCOc1c2c(c(OC(F)F)c3ccccc13)C(=O)N(c1ccc(C(CC)C(=O)O)cc1Cl)C2O. The number of benzene rings is 3. The zero-order chi connectivity index (χ0) is 26.1. The molecule has 0 fully saturated rings. The van der Waals surface area contributed by atoms with Crippen LogP contribution in [-0.4, -0.2) is 35.3 Å². The van der Waals surface area contributed by atoms with Crippen molar-refractivity contribution in [2.75, 3.05) is 11.5 Å². The van der Waals surface area contributed by atoms with Crippen molar-refractivity contribution in [3.63, 3.8) is 0 Å². The number of aliphatic carboxylic acids is 1. The first-order valence-corrected chi connectivity index (χ1v) is 11.8. The van der Waals surface area contributed by atoms with E-state index in [1.807, 2.05) is 6.92 Å². The molecule has 2 atom stereocenters. The Balaban J connectivity index is 1.92. The van der Waals surface area contributed by atoms with E-state index >= 15 is 0 Å². The van der Waals surface area contributed by atoms with Crippen LogP contribution in [-0.2, 0) is 4.79 Å². The Hall–Kier alpha value is -3.43. The Kier molecular flexibility index (Phi) is 7.33. The first-order valence-electron chi connectivity index (χ1n) is 11.4. The molecule has 36 heavy (non-hydrogen) atoms. The van der Waals surface area contributed by atoms with Gasteiger partial charge >= 0.3 is 12.6 Å². The molecule has 1 heterocycles. The standard InChI is InChI=1S/C26H24ClF2NO6/c1-3-11-35-21-15-7-5-6-8-16(15)22(36-26(28)29)20-19(21)23(31)30(24(20)32)18-10-9-13(12-17(18)27)14(4-2)25(33)34/h5-10,12,14,23,26,31H,3-4,11H2,1-2H3,(H,33,34). The van der Waals surface area contributed by atoms with Crippen molar-refractivity contribution in [1.82, 2.24) is 0 Å². The second kappa shape index (κ2) is 10.3. The second-order valence-electron chi connectivity index (χ2n) is 8.28. The van der Waals surface area contributed by atoms with E-state index in [0.29, 0.717) is 23.8 Å². The molecule has 4 rings (SSSR count). The van der Waals surface area contributed by atoms with Crippen molar-refractivity contribution in [1.29, 1.82) is 0 Å². The van der Waals surface area contributed by atoms with E-state index in [1.54, 1.807) is 25.1 Å². The first kappa shape index (κ1) is 25.7. The minimum Gasteiger partial charge on any atom is -0.492 e. The van der Waals surface area contributed by atoms with Gasteiger partial charge in [0.15, 0.2) is 6.23 Å². The lowest BCUT2D eigenvalue weighted by Gasteiger charge is -2.24. The maximum atomic E-state index is 13.6. The Morgan fingerprint density at radius 3 is 2.36 bits per heavy atom. The largest absolute Gasteiger partial charge is 0.492 e. The maximum Gasteiger partial charge on any atom is 0.387 e. The fourth-order valence-electron chi connectivity index (χ4n) is 4.51. The fourth-order valence-corrected chi connectivity index (χ4v) is 4.79. The van der Waals surface area contributed by atoms with Gasteiger partial charge in [-0.15, -0.1) is 0 Å². The maximum absolute atomic E-state index is 13.6. The Morgan fingerprint density at radius 2 is 1.81 bits per heavy atom. The van der Waals surface area contributed by atoms with Gasteiger partial charge in [0.05, 0.1) is 34.4 Å². The number of halogens is 3. The minimum absolute atomic E-state index is 0.0000797. The molecule has 1 amide bonds. The van der Waals surface area contributed by atoms with Crippen molar-refractivity contribution in [3.05, 3.63) is 64.2 Å². The molecule has 1 aliphatic heterocycles. The van der Waals surface area contributed by atoms with Gasteiger partial charge in [-0.1, -0.05) is 55.8 Å². The fraction of sp³-hybridized carbons (Fsp3) is 0.308. The molecule has 0 saturated heterocycles. The van der Waals surface area contributed by atoms with Crippen LogP contribution in [0.5, 0.6) is 11.5 Å². The Bertz CT molecular complexity index is 1330. The number of rotatable bonds is 9. The highest BCUT2D eigenvalue weighted by molar-refractivity contribution is 6.34. The van der Waals surface area contributed by atoms with Gasteiger partial charge in [-0.25, -0.2) is 0 Å². The van der Waals surface area contributed by atoms with Gasteiger partial charge in [-0.05, 0) is 30.5 Å². The second-order valence-corrected chi connectivity index (χ2v) is 8.69. The van der Waals surface area contributed by atoms with Crippen LogP contribution in [0.2, 0.25) is 5.02 Å². The quantitative estimate of drug-likeness (QED) is 0.354. The third kappa shape index (κ3) is 4.33. The van der Waals surface area contributed by atoms with Crippen molar-refractivity contribution in [3.8, 4) is 11.5 Å². The number of amides is 1. The van der Waals surface area contributed by atoms with Crippen LogP contribution in [0.1, 0.15) is 60.3 Å². The number of aliphatic hydroxyl groups is 1. The number of hydrogen-bond donors (Lipinski definition) is 2. The van der Waals surface area contributed by atoms with E-state index < -0.39 is 30.6 Å². The molecule has 2 N–H and O–H groups in total. The zero-order valence-electron chi connectivity index (χ0n) is 19.5. The van der Waals surface area contributed by atoms with Crippen LogP contribution in [0, 0.1) is 0 Å². The summed E-state index contributed by atoms with van der Waals surface area (Å²) in [6.07, 6.45) is -0.670. The monoisotopic (exact) mass is 519 g/mol. The Morgan fingerprint density at radius 1 is 1.14 bits per heavy atom. The molecule has 7 nitrogen and oxygen atoms in total. The number of carbonyl (C=O) groups is 2. The van der Waals surface area contributed by atoms with E-state index in [4.69, 9.17) is 21.1 Å². The van der Waals surface area contributed by atoms with Gasteiger partial charge in [0.1, 0.15) is 11.5 Å². The van der Waals surface area contributed by atoms with Gasteiger partial charge in [-0.2, -0.15) is 8.78 Å². The zero-order valence-corrected chi connectivity index (χ0v) is 20.3. The van der Waals surface area contributed by atoms with Crippen molar-refractivity contribution in [2.45, 2.75) is 45.4 Å². The summed E-state index contributed by atoms with van der Waals surface area (Å²) in [5.41, 5.74) is 0.268. The predicted octanol–water partition coefficient (Wildman–Crippen LogP) is 6.11. The van der Waals surface area contributed by atoms with E-state index in [-0.39, 0.29) is 45.3 Å². The molecule has 2 unspecified atom stereocenters. The molecule has 3 aromatic rings. The van der Waals surface area contributed by atoms with Gasteiger partial charge in [-0.3, -0.25) is 14.5 Å². The summed E-state index contributed by atoms with van der Waals surface area (Å²) < 4.78 is 37.6. The highest BCUT2D eigenvalue weighted by Crippen LogP contribution is 2.51. The van der Waals surface area contributed by atoms with Gasteiger partial charge in [0.2, 0.25) is 0 Å². The summed E-state index contributed by atoms with van der Waals surface area (Å²) in [5.74, 6) is -2.81. The van der Waals surface area contributed by atoms with Crippen molar-refractivity contribution < 1.29 is 38.1 Å². The number of ether oxygens (including phenoxy) is 2. The average Bonchev–Trinajstić information content (AvgIpc) is 3.09. The van der Waals surface area contributed by atoms with Crippen LogP contribution in [0.15, 0.2) is 42.5 Å². The number of aliphatic hydroxyl groups excluding tert-OH is 1. The topological polar surface area (TPSA) is 96.3 Å². The first-order chi connectivity index (χ1) is 17.2. The summed E-state index contributed by atoms with van der Waals surface area (Å²) in [6.45, 7) is 0.642. The molecule has 0 saturated carbocycles. The highest BCUT2D eigenvalue weighted by Gasteiger charge is 2.44. The van der Waals surface area contributed by atoms with Gasteiger partial charge in [0, 0.05) is 10.8 Å². The lowest BCUT2D eigenvalue weighted by atomic mass is 9.96. The summed E-state index contributed by atoms with van der Waals surface area (Å²) in [4.78, 5) is 26.2. The molecule has 1 aliphatic rings. The molecule has 0 aliphatic carbocycles. The smallest absolute Gasteiger partial charge is 0.387 e. The number of anilines is 1. The lowest BCUT2D eigenvalue weighted by Crippen LogP contribution is -2.28. The molecule has 0 aromatic heterocycles. The molecule has 190 valence electrons. The van der Waals surface area contributed by atoms with Crippen LogP contribution in [0.4, 0.5) is 14.5 Å². The predicted molar refractivity (Wildman–Crippen MR) is 130 cm³/mol. The lowest BCUT2D eigenvalue weighted by molar-refractivity contribution is -0.138. The third-order valence-corrected chi connectivity index (χ3v) is 6.39. The van der Waals surface area contributed by atoms with Crippen LogP contribution in [0.25, 0.3) is 10.8 Å². The number of carboxylic acids is 1. The molecule has 10 heteroatoms. The molecule has 0 bridgehead atoms. The number of fused-ring (bicyclic) bond motifs is 2. The number of alkyl halides is 2. The third-order valence-electron chi connectivity index (χ3n) is 6.09. The van der Waals surface area contributed by atoms with E-state index in [0.717, 1.165) is 4.90 Å². The van der Waals surface area contributed by atoms with E-state index in [1.165, 1.54) is 24.3 Å². The number of carboxylic acid groups (broad SMARTS) is 1. The van der Waals surface area contributed by atoms with Crippen molar-refractivity contribution >= 4 is 39.9 Å². The van der Waals surface area contributed by atoms with Crippen LogP contribution in [0.3, 0.4) is 0 Å². The van der Waals surface area contributed by atoms with E-state index in [2.05, 4.69) is 0 Å². The molecule has 0 radical (unpaired) electrons. The van der Waals surface area contributed by atoms with Gasteiger partial charge < -0.3 is 19.7 Å². The highest BCUT2D eigenvalue weighted by atomic mass is 35.5. The minimum atomic E-state index is -3.22. The number of hydrogen-bond acceptors (Lipinski definition) is 5. The van der Waals surface area contributed by atoms with Crippen LogP contribution < -0.4 is 14.4 Å². The number of carbonyl (C=O) groups excluding carboxylic acids is 1. The van der Waals surface area contributed by atoms with Crippen LogP contribution >= 0.6 is 11.6 Å². The summed E-state index contributed by atoms with van der Waals surface area (Å²) in [7, 11) is 0. The molecular formula is C26H24ClF2NO6. The summed E-state index contributed by atoms with van der Waals surface area (Å²) in [5, 5.41) is 21.4. The van der Waals surface area contributed by atoms with Gasteiger partial charge in [0.25, 0.3) is 5.91 Å².